The third kappa shape index (κ3) is 3.85. The lowest BCUT2D eigenvalue weighted by atomic mass is 9.87. The van der Waals surface area contributed by atoms with Gasteiger partial charge in [0.15, 0.2) is 0 Å². The summed E-state index contributed by atoms with van der Waals surface area (Å²) in [6.45, 7) is 3.67. The summed E-state index contributed by atoms with van der Waals surface area (Å²) in [5.41, 5.74) is 6.29. The number of ether oxygens (including phenoxy) is 2. The molecule has 0 saturated carbocycles. The van der Waals surface area contributed by atoms with Crippen molar-refractivity contribution >= 4 is 63.4 Å². The van der Waals surface area contributed by atoms with Crippen LogP contribution in [0.3, 0.4) is 0 Å². The van der Waals surface area contributed by atoms with E-state index in [-0.39, 0.29) is 30.2 Å². The number of hydrogen-bond acceptors (Lipinski definition) is 9. The Balaban J connectivity index is 2.11. The summed E-state index contributed by atoms with van der Waals surface area (Å²) in [5, 5.41) is 3.76. The molecule has 3 aromatic rings. The van der Waals surface area contributed by atoms with E-state index in [1.807, 2.05) is 35.0 Å². The van der Waals surface area contributed by atoms with Crippen LogP contribution in [0.4, 0.5) is 0 Å². The standard InChI is InChI=1S/C22H20N2O5S3/c1-3-28-21(26)16-15(13-8-6-10-31-13)17(22(27)29-4-2)20-24(18(16)23)19(25)14(32-20)11-12-7-5-9-30-12/h5-11,15H,3-4,23H2,1-2H3/b14-11+/t15-/m1/s1. The van der Waals surface area contributed by atoms with Gasteiger partial charge in [-0.1, -0.05) is 12.1 Å². The van der Waals surface area contributed by atoms with Crippen LogP contribution in [0.25, 0.3) is 17.5 Å². The Morgan fingerprint density at radius 3 is 2.31 bits per heavy atom. The first kappa shape index (κ1) is 22.3. The van der Waals surface area contributed by atoms with Crippen LogP contribution in [-0.4, -0.2) is 29.7 Å². The lowest BCUT2D eigenvalue weighted by molar-refractivity contribution is -0.138. The Morgan fingerprint density at radius 2 is 1.72 bits per heavy atom. The fourth-order valence-corrected chi connectivity index (χ4v) is 6.24. The molecule has 166 valence electrons. The summed E-state index contributed by atoms with van der Waals surface area (Å²) in [7, 11) is 0. The summed E-state index contributed by atoms with van der Waals surface area (Å²) >= 11 is 4.03. The van der Waals surface area contributed by atoms with E-state index in [9.17, 15) is 14.4 Å². The van der Waals surface area contributed by atoms with Gasteiger partial charge in [0.05, 0.1) is 34.8 Å². The molecule has 0 aromatic carbocycles. The monoisotopic (exact) mass is 488 g/mol. The highest BCUT2D eigenvalue weighted by atomic mass is 32.1. The molecule has 7 nitrogen and oxygen atoms in total. The highest BCUT2D eigenvalue weighted by Gasteiger charge is 2.40. The van der Waals surface area contributed by atoms with E-state index in [1.165, 1.54) is 27.2 Å². The van der Waals surface area contributed by atoms with E-state index in [2.05, 4.69) is 0 Å². The van der Waals surface area contributed by atoms with Gasteiger partial charge < -0.3 is 15.2 Å². The molecule has 4 heterocycles. The number of thiophene rings is 2. The van der Waals surface area contributed by atoms with Gasteiger partial charge in [0, 0.05) is 9.75 Å². The molecule has 3 aromatic heterocycles. The zero-order valence-corrected chi connectivity index (χ0v) is 19.8. The van der Waals surface area contributed by atoms with Crippen molar-refractivity contribution in [3.05, 3.63) is 69.9 Å². The molecule has 10 heteroatoms. The Hall–Kier alpha value is -2.95. The number of esters is 2. The second-order valence-electron chi connectivity index (χ2n) is 6.67. The van der Waals surface area contributed by atoms with Crippen LogP contribution in [0.2, 0.25) is 0 Å². The molecule has 4 rings (SSSR count). The summed E-state index contributed by atoms with van der Waals surface area (Å²) in [6, 6.07) is 7.42. The molecule has 0 saturated heterocycles. The molecule has 0 radical (unpaired) electrons. The lowest BCUT2D eigenvalue weighted by Crippen LogP contribution is -2.41. The molecule has 0 unspecified atom stereocenters. The molecular weight excluding hydrogens is 468 g/mol. The summed E-state index contributed by atoms with van der Waals surface area (Å²) in [6.07, 6.45) is 1.75. The van der Waals surface area contributed by atoms with Gasteiger partial charge in [-0.15, -0.1) is 34.0 Å². The van der Waals surface area contributed by atoms with E-state index in [0.717, 1.165) is 21.1 Å². The molecule has 1 aliphatic heterocycles. The topological polar surface area (TPSA) is 101 Å². The molecule has 1 aliphatic rings. The summed E-state index contributed by atoms with van der Waals surface area (Å²) in [4.78, 5) is 41.1. The largest absolute Gasteiger partial charge is 0.463 e. The van der Waals surface area contributed by atoms with E-state index >= 15 is 0 Å². The number of hydrogen-bond donors (Lipinski definition) is 1. The molecular formula is C22H20N2O5S3. The smallest absolute Gasteiger partial charge is 0.338 e. The first-order chi connectivity index (χ1) is 15.5. The van der Waals surface area contributed by atoms with Gasteiger partial charge in [0.1, 0.15) is 10.5 Å². The van der Waals surface area contributed by atoms with Crippen LogP contribution < -0.4 is 20.5 Å². The fraction of sp³-hybridized carbons (Fsp3) is 0.227. The Bertz CT molecular complexity index is 1360. The van der Waals surface area contributed by atoms with Crippen LogP contribution in [0.1, 0.15) is 29.5 Å². The van der Waals surface area contributed by atoms with Crippen molar-refractivity contribution in [1.82, 2.24) is 4.57 Å². The first-order valence-corrected chi connectivity index (χ1v) is 12.4. The van der Waals surface area contributed by atoms with Gasteiger partial charge in [-0.25, -0.2) is 9.59 Å². The minimum atomic E-state index is -0.791. The highest BCUT2D eigenvalue weighted by Crippen LogP contribution is 2.39. The van der Waals surface area contributed by atoms with Crippen LogP contribution in [0.15, 0.2) is 45.4 Å². The summed E-state index contributed by atoms with van der Waals surface area (Å²) < 4.78 is 12.6. The van der Waals surface area contributed by atoms with Crippen LogP contribution in [0, 0.1) is 0 Å². The Kier molecular flexibility index (Phi) is 6.45. The molecule has 32 heavy (non-hydrogen) atoms. The van der Waals surface area contributed by atoms with Crippen LogP contribution in [-0.2, 0) is 19.1 Å². The minimum absolute atomic E-state index is 0.0306. The second-order valence-corrected chi connectivity index (χ2v) is 9.66. The number of fused-ring (bicyclic) bond motifs is 1. The SMILES string of the molecule is CCOC(=O)C1=C(N)n2c(s/c(=C/c3cccs3)c2=O)=C(C(=O)OCC)[C@@H]1c1cccs1. The minimum Gasteiger partial charge on any atom is -0.463 e. The molecule has 0 fully saturated rings. The first-order valence-electron chi connectivity index (χ1n) is 9.86. The van der Waals surface area contributed by atoms with E-state index in [4.69, 9.17) is 15.2 Å². The van der Waals surface area contributed by atoms with Gasteiger partial charge >= 0.3 is 11.9 Å². The van der Waals surface area contributed by atoms with Gasteiger partial charge in [0.2, 0.25) is 0 Å². The van der Waals surface area contributed by atoms with Crippen LogP contribution in [0.5, 0.6) is 0 Å². The summed E-state index contributed by atoms with van der Waals surface area (Å²) in [5.74, 6) is -2.09. The number of rotatable bonds is 6. The van der Waals surface area contributed by atoms with Crippen molar-refractivity contribution in [2.24, 2.45) is 5.73 Å². The van der Waals surface area contributed by atoms with Crippen molar-refractivity contribution in [2.45, 2.75) is 19.8 Å². The maximum absolute atomic E-state index is 13.3. The average Bonchev–Trinajstić information content (AvgIpc) is 3.51. The Morgan fingerprint density at radius 1 is 1.06 bits per heavy atom. The van der Waals surface area contributed by atoms with Crippen LogP contribution >= 0.6 is 34.0 Å². The number of nitrogens with zero attached hydrogens (tertiary/aromatic N) is 1. The van der Waals surface area contributed by atoms with Gasteiger partial charge in [-0.2, -0.15) is 0 Å². The quantitative estimate of drug-likeness (QED) is 0.533. The molecule has 0 aliphatic carbocycles. The lowest BCUT2D eigenvalue weighted by Gasteiger charge is -2.25. The average molecular weight is 489 g/mol. The zero-order chi connectivity index (χ0) is 22.8. The van der Waals surface area contributed by atoms with Crippen molar-refractivity contribution in [3.63, 3.8) is 0 Å². The maximum atomic E-state index is 13.3. The predicted octanol–water partition coefficient (Wildman–Crippen LogP) is 2.06. The fourth-order valence-electron chi connectivity index (χ4n) is 3.51. The molecule has 0 spiro atoms. The molecule has 1 atom stereocenters. The van der Waals surface area contributed by atoms with Crippen molar-refractivity contribution < 1.29 is 19.1 Å². The highest BCUT2D eigenvalue weighted by molar-refractivity contribution is 7.11. The number of aromatic nitrogens is 1. The van der Waals surface area contributed by atoms with E-state index in [0.29, 0.717) is 9.20 Å². The second kappa shape index (κ2) is 9.27. The number of carbonyl (C=O) groups excluding carboxylic acids is 2. The maximum Gasteiger partial charge on any atom is 0.338 e. The Labute approximate surface area is 195 Å². The molecule has 0 amide bonds. The molecule has 0 bridgehead atoms. The number of nitrogens with two attached hydrogens (primary N) is 1. The number of carbonyl (C=O) groups is 2. The third-order valence-electron chi connectivity index (χ3n) is 4.78. The van der Waals surface area contributed by atoms with Crippen molar-refractivity contribution in [2.75, 3.05) is 13.2 Å². The van der Waals surface area contributed by atoms with Gasteiger partial charge in [-0.3, -0.25) is 9.36 Å². The molecule has 2 N–H and O–H groups in total. The van der Waals surface area contributed by atoms with Crippen molar-refractivity contribution in [1.29, 1.82) is 0 Å². The van der Waals surface area contributed by atoms with Gasteiger partial charge in [-0.05, 0) is 42.8 Å². The third-order valence-corrected chi connectivity index (χ3v) is 7.65. The zero-order valence-electron chi connectivity index (χ0n) is 17.3. The van der Waals surface area contributed by atoms with E-state index < -0.39 is 23.4 Å². The normalized spacial score (nSPS) is 16.2. The van der Waals surface area contributed by atoms with E-state index in [1.54, 1.807) is 19.9 Å². The van der Waals surface area contributed by atoms with Crippen molar-refractivity contribution in [3.8, 4) is 0 Å². The number of thiazole rings is 1. The van der Waals surface area contributed by atoms with Gasteiger partial charge in [0.25, 0.3) is 5.56 Å². The predicted molar refractivity (Wildman–Crippen MR) is 127 cm³/mol.